The number of hydrogen-bond donors (Lipinski definition) is 3. The van der Waals surface area contributed by atoms with Gasteiger partial charge >= 0.3 is 5.97 Å². The van der Waals surface area contributed by atoms with E-state index in [1.165, 1.54) is 411 Å². The van der Waals surface area contributed by atoms with Crippen molar-refractivity contribution in [1.29, 1.82) is 0 Å². The van der Waals surface area contributed by atoms with E-state index in [1.54, 1.807) is 6.08 Å². The second kappa shape index (κ2) is 78.0. The molecule has 0 saturated carbocycles. The third kappa shape index (κ3) is 73.6. The van der Waals surface area contributed by atoms with Gasteiger partial charge in [0.25, 0.3) is 0 Å². The number of aliphatic hydroxyl groups is 2. The lowest BCUT2D eigenvalue weighted by molar-refractivity contribution is -0.143. The average Bonchev–Trinajstić information content (AvgIpc) is 3.58. The van der Waals surface area contributed by atoms with E-state index in [2.05, 4.69) is 19.2 Å². The van der Waals surface area contributed by atoms with Gasteiger partial charge in [0.1, 0.15) is 0 Å². The molecule has 0 rings (SSSR count). The Morgan fingerprint density at radius 1 is 0.307 bits per heavy atom. The van der Waals surface area contributed by atoms with Crippen molar-refractivity contribution in [3.63, 3.8) is 0 Å². The van der Waals surface area contributed by atoms with Gasteiger partial charge < -0.3 is 20.3 Å². The van der Waals surface area contributed by atoms with Crippen molar-refractivity contribution in [3.05, 3.63) is 12.2 Å². The maximum Gasteiger partial charge on any atom is 0.305 e. The molecular weight excluding hydrogens is 1080 g/mol. The van der Waals surface area contributed by atoms with Crippen LogP contribution < -0.4 is 5.32 Å². The molecule has 3 N–H and O–H groups in total. The summed E-state index contributed by atoms with van der Waals surface area (Å²) in [6.45, 7) is 4.96. The minimum Gasteiger partial charge on any atom is -0.466 e. The van der Waals surface area contributed by atoms with Gasteiger partial charge in [-0.2, -0.15) is 0 Å². The van der Waals surface area contributed by atoms with Crippen LogP contribution in [0.15, 0.2) is 12.2 Å². The van der Waals surface area contributed by atoms with Gasteiger partial charge in [-0.3, -0.25) is 9.59 Å². The summed E-state index contributed by atoms with van der Waals surface area (Å²) in [6.07, 6.45) is 99.4. The lowest BCUT2D eigenvalue weighted by Gasteiger charge is -2.20. The van der Waals surface area contributed by atoms with Gasteiger partial charge in [-0.1, -0.05) is 443 Å². The Kier molecular flexibility index (Phi) is 76.8. The fraction of sp³-hybridized carbons (Fsp3) is 0.951. The number of hydrogen-bond acceptors (Lipinski definition) is 5. The van der Waals surface area contributed by atoms with Gasteiger partial charge in [-0.05, 0) is 32.1 Å². The molecule has 2 unspecified atom stereocenters. The molecule has 0 aliphatic rings. The van der Waals surface area contributed by atoms with Crippen LogP contribution in [0.1, 0.15) is 476 Å². The number of amides is 1. The zero-order valence-electron chi connectivity index (χ0n) is 60.3. The highest BCUT2D eigenvalue weighted by molar-refractivity contribution is 5.76. The minimum absolute atomic E-state index is 0.0299. The molecule has 2 atom stereocenters. The highest BCUT2D eigenvalue weighted by Crippen LogP contribution is 2.21. The quantitative estimate of drug-likeness (QED) is 0.0320. The van der Waals surface area contributed by atoms with Gasteiger partial charge in [0.15, 0.2) is 0 Å². The smallest absolute Gasteiger partial charge is 0.305 e. The van der Waals surface area contributed by atoms with Gasteiger partial charge in [-0.15, -0.1) is 0 Å². The van der Waals surface area contributed by atoms with Gasteiger partial charge in [-0.25, -0.2) is 0 Å². The number of carbonyl (C=O) groups excluding carboxylic acids is 2. The van der Waals surface area contributed by atoms with Crippen molar-refractivity contribution < 1.29 is 24.5 Å². The molecule has 0 aromatic rings. The van der Waals surface area contributed by atoms with E-state index in [4.69, 9.17) is 4.74 Å². The van der Waals surface area contributed by atoms with Gasteiger partial charge in [0.05, 0.1) is 25.4 Å². The van der Waals surface area contributed by atoms with Crippen LogP contribution in [-0.4, -0.2) is 47.4 Å². The summed E-state index contributed by atoms with van der Waals surface area (Å²) in [6, 6.07) is -0.622. The number of unbranched alkanes of at least 4 members (excludes halogenated alkanes) is 67. The molecule has 524 valence electrons. The predicted molar refractivity (Wildman–Crippen MR) is 389 cm³/mol. The molecule has 0 aliphatic carbocycles. The fourth-order valence-electron chi connectivity index (χ4n) is 13.3. The maximum atomic E-state index is 12.5. The summed E-state index contributed by atoms with van der Waals surface area (Å²) < 4.78 is 5.53. The Morgan fingerprint density at radius 3 is 0.773 bits per heavy atom. The van der Waals surface area contributed by atoms with Crippen molar-refractivity contribution in [3.8, 4) is 0 Å². The molecule has 0 spiro atoms. The summed E-state index contributed by atoms with van der Waals surface area (Å²) in [4.78, 5) is 24.6. The molecule has 0 radical (unpaired) electrons. The number of nitrogens with one attached hydrogen (secondary N) is 1. The number of rotatable bonds is 78. The fourth-order valence-corrected chi connectivity index (χ4v) is 13.3. The van der Waals surface area contributed by atoms with E-state index in [0.29, 0.717) is 19.4 Å². The first-order valence-electron chi connectivity index (χ1n) is 41.0. The van der Waals surface area contributed by atoms with Crippen molar-refractivity contribution >= 4 is 11.9 Å². The van der Waals surface area contributed by atoms with E-state index in [0.717, 1.165) is 38.5 Å². The number of carbonyl (C=O) groups is 2. The van der Waals surface area contributed by atoms with Crippen LogP contribution in [0.4, 0.5) is 0 Å². The Hall–Kier alpha value is -1.40. The molecule has 0 fully saturated rings. The van der Waals surface area contributed by atoms with E-state index in [9.17, 15) is 19.8 Å². The number of aliphatic hydroxyl groups excluding tert-OH is 2. The van der Waals surface area contributed by atoms with Crippen LogP contribution in [0.25, 0.3) is 0 Å². The zero-order chi connectivity index (χ0) is 63.5. The Balaban J connectivity index is 3.27. The average molecular weight is 1240 g/mol. The second-order valence-electron chi connectivity index (χ2n) is 28.5. The molecule has 6 nitrogen and oxygen atoms in total. The molecule has 0 aromatic heterocycles. The first-order valence-corrected chi connectivity index (χ1v) is 41.0. The molecule has 0 aromatic carbocycles. The van der Waals surface area contributed by atoms with Crippen molar-refractivity contribution in [1.82, 2.24) is 5.32 Å². The monoisotopic (exact) mass is 1240 g/mol. The highest BCUT2D eigenvalue weighted by atomic mass is 16.5. The van der Waals surface area contributed by atoms with Gasteiger partial charge in [0, 0.05) is 12.8 Å². The molecule has 0 bridgehead atoms. The third-order valence-electron chi connectivity index (χ3n) is 19.6. The van der Waals surface area contributed by atoms with Crippen molar-refractivity contribution in [2.45, 2.75) is 488 Å². The van der Waals surface area contributed by atoms with Crippen LogP contribution in [-0.2, 0) is 14.3 Å². The first kappa shape index (κ1) is 86.6. The Bertz CT molecular complexity index is 1340. The Labute approximate surface area is 552 Å². The number of ether oxygens (including phenoxy) is 1. The van der Waals surface area contributed by atoms with E-state index < -0.39 is 12.1 Å². The summed E-state index contributed by atoms with van der Waals surface area (Å²) in [5.74, 6) is -0.0294. The van der Waals surface area contributed by atoms with E-state index in [1.807, 2.05) is 6.08 Å². The highest BCUT2D eigenvalue weighted by Gasteiger charge is 2.18. The van der Waals surface area contributed by atoms with Crippen LogP contribution in [0.5, 0.6) is 0 Å². The second-order valence-corrected chi connectivity index (χ2v) is 28.5. The summed E-state index contributed by atoms with van der Waals surface area (Å²) in [5.41, 5.74) is 0. The lowest BCUT2D eigenvalue weighted by Crippen LogP contribution is -2.45. The maximum absolute atomic E-state index is 12.5. The third-order valence-corrected chi connectivity index (χ3v) is 19.6. The minimum atomic E-state index is -0.839. The van der Waals surface area contributed by atoms with Crippen LogP contribution in [0, 0.1) is 0 Å². The van der Waals surface area contributed by atoms with Gasteiger partial charge in [0.2, 0.25) is 5.91 Å². The molecule has 1 amide bonds. The zero-order valence-corrected chi connectivity index (χ0v) is 60.3. The molecule has 6 heteroatoms. The van der Waals surface area contributed by atoms with E-state index >= 15 is 0 Å². The Morgan fingerprint density at radius 2 is 0.523 bits per heavy atom. The molecule has 0 saturated heterocycles. The summed E-state index contributed by atoms with van der Waals surface area (Å²) in [5, 5.41) is 23.1. The molecule has 0 heterocycles. The standard InChI is InChI=1S/C82H161NO5/c1-3-5-7-9-11-13-15-17-18-19-41-45-48-52-56-60-64-68-72-76-82(87)88-77-73-69-65-61-57-53-49-46-43-40-38-36-34-32-30-28-26-24-22-20-21-23-25-27-29-31-33-35-37-39-42-44-47-51-55-59-63-67-71-75-81(86)83-79(78-84)80(85)74-70-66-62-58-54-50-16-14-12-10-8-6-4-2/h70,74,79-80,84-85H,3-69,71-73,75-78H2,1-2H3,(H,83,86)/b74-70+. The lowest BCUT2D eigenvalue weighted by atomic mass is 10.0. The topological polar surface area (TPSA) is 95.9 Å². The van der Waals surface area contributed by atoms with Crippen molar-refractivity contribution in [2.24, 2.45) is 0 Å². The number of esters is 1. The van der Waals surface area contributed by atoms with Crippen molar-refractivity contribution in [2.75, 3.05) is 13.2 Å². The molecular formula is C82H161NO5. The van der Waals surface area contributed by atoms with E-state index in [-0.39, 0.29) is 18.5 Å². The van der Waals surface area contributed by atoms with Crippen LogP contribution in [0.3, 0.4) is 0 Å². The SMILES string of the molecule is CCCCCCCCCCCCC/C=C/C(O)C(CO)NC(=O)CCCCCCCCCCCCCCCCCCCCCCCCCCCCCCCCCCCCCCCCCOC(=O)CCCCCCCCCCCCCCCCCCCCC. The normalized spacial score (nSPS) is 12.5. The largest absolute Gasteiger partial charge is 0.466 e. The number of allylic oxidation sites excluding steroid dienone is 1. The molecule has 0 aliphatic heterocycles. The first-order chi connectivity index (χ1) is 43.5. The van der Waals surface area contributed by atoms with Crippen LogP contribution >= 0.6 is 0 Å². The predicted octanol–water partition coefficient (Wildman–Crippen LogP) is 27.1. The summed E-state index contributed by atoms with van der Waals surface area (Å²) in [7, 11) is 0. The summed E-state index contributed by atoms with van der Waals surface area (Å²) >= 11 is 0. The van der Waals surface area contributed by atoms with Crippen LogP contribution in [0.2, 0.25) is 0 Å². The molecule has 88 heavy (non-hydrogen) atoms.